The molecule has 0 spiro atoms. The van der Waals surface area contributed by atoms with Gasteiger partial charge in [0.2, 0.25) is 0 Å². The van der Waals surface area contributed by atoms with E-state index in [2.05, 4.69) is 6.92 Å². The Bertz CT molecular complexity index is 237. The molecule has 0 fully saturated rings. The molecule has 0 amide bonds. The Hall–Kier alpha value is 0.110. The number of rotatable bonds is 18. The molecule has 5 heteroatoms. The zero-order valence-corrected chi connectivity index (χ0v) is 15.5. The maximum absolute atomic E-state index is 11.3. The first-order valence-electron chi connectivity index (χ1n) is 9.21. The molecule has 1 N–H and O–H groups in total. The Balaban J connectivity index is 3.06. The lowest BCUT2D eigenvalue weighted by Gasteiger charge is -2.05. The summed E-state index contributed by atoms with van der Waals surface area (Å²) in [6.45, 7) is 3.16. The summed E-state index contributed by atoms with van der Waals surface area (Å²) in [6, 6.07) is 0. The van der Waals surface area contributed by atoms with Crippen LogP contribution in [-0.4, -0.2) is 24.9 Å². The molecule has 1 atom stereocenters. The minimum absolute atomic E-state index is 0.0634. The third kappa shape index (κ3) is 18.2. The molecule has 0 radical (unpaired) electrons. The Morgan fingerprint density at radius 1 is 0.682 bits per heavy atom. The highest BCUT2D eigenvalue weighted by Crippen LogP contribution is 2.24. The van der Waals surface area contributed by atoms with Gasteiger partial charge in [0.15, 0.2) is 0 Å². The first kappa shape index (κ1) is 22.1. The monoisotopic (exact) mass is 336 g/mol. The van der Waals surface area contributed by atoms with Crippen LogP contribution in [-0.2, 0) is 13.6 Å². The quantitative estimate of drug-likeness (QED) is 0.265. The molecule has 0 aliphatic rings. The molecule has 0 aromatic rings. The average Bonchev–Trinajstić information content (AvgIpc) is 2.52. The van der Waals surface area contributed by atoms with Gasteiger partial charge < -0.3 is 14.2 Å². The molecule has 0 aromatic heterocycles. The predicted octanol–water partition coefficient (Wildman–Crippen LogP) is 5.49. The van der Waals surface area contributed by atoms with E-state index in [1.165, 1.54) is 64.2 Å². The van der Waals surface area contributed by atoms with E-state index in [9.17, 15) is 4.57 Å². The van der Waals surface area contributed by atoms with Crippen LogP contribution >= 0.6 is 8.25 Å². The normalized spacial score (nSPS) is 12.6. The smallest absolute Gasteiger partial charge is 0.319 e. The minimum Gasteiger partial charge on any atom is -0.396 e. The second kappa shape index (κ2) is 19.2. The standard InChI is InChI=1S/C17H37O4P/c1-2-3-4-5-6-7-8-9-10-11-12-13-16-20-22(19)21-17-14-15-18/h18,22H,2-17H2,1H3. The second-order valence-electron chi connectivity index (χ2n) is 5.91. The summed E-state index contributed by atoms with van der Waals surface area (Å²) < 4.78 is 21.4. The van der Waals surface area contributed by atoms with E-state index in [4.69, 9.17) is 14.2 Å². The summed E-state index contributed by atoms with van der Waals surface area (Å²) >= 11 is 0. The van der Waals surface area contributed by atoms with Gasteiger partial charge in [0.25, 0.3) is 0 Å². The number of hydrogen-bond acceptors (Lipinski definition) is 4. The van der Waals surface area contributed by atoms with Gasteiger partial charge in [-0.2, -0.15) is 0 Å². The lowest BCUT2D eigenvalue weighted by Crippen LogP contribution is -1.93. The van der Waals surface area contributed by atoms with Crippen molar-refractivity contribution < 1.29 is 18.7 Å². The van der Waals surface area contributed by atoms with Crippen LogP contribution in [0.25, 0.3) is 0 Å². The van der Waals surface area contributed by atoms with Gasteiger partial charge in [-0.1, -0.05) is 77.6 Å². The summed E-state index contributed by atoms with van der Waals surface area (Å²) in [5.41, 5.74) is 0. The highest BCUT2D eigenvalue weighted by atomic mass is 31.1. The van der Waals surface area contributed by atoms with Crippen LogP contribution in [0.4, 0.5) is 0 Å². The van der Waals surface area contributed by atoms with Crippen molar-refractivity contribution in [2.75, 3.05) is 19.8 Å². The Labute approximate surface area is 137 Å². The third-order valence-electron chi connectivity index (χ3n) is 3.74. The van der Waals surface area contributed by atoms with Crippen LogP contribution in [0, 0.1) is 0 Å². The van der Waals surface area contributed by atoms with E-state index in [1.54, 1.807) is 0 Å². The Morgan fingerprint density at radius 3 is 1.55 bits per heavy atom. The predicted molar refractivity (Wildman–Crippen MR) is 93.7 cm³/mol. The van der Waals surface area contributed by atoms with E-state index in [-0.39, 0.29) is 6.61 Å². The third-order valence-corrected chi connectivity index (χ3v) is 4.62. The molecule has 0 aliphatic heterocycles. The fourth-order valence-corrected chi connectivity index (χ4v) is 3.07. The zero-order valence-electron chi connectivity index (χ0n) is 14.5. The Kier molecular flexibility index (Phi) is 19.3. The van der Waals surface area contributed by atoms with Crippen molar-refractivity contribution >= 4 is 8.25 Å². The first-order valence-corrected chi connectivity index (χ1v) is 10.4. The van der Waals surface area contributed by atoms with Gasteiger partial charge in [-0.15, -0.1) is 0 Å². The van der Waals surface area contributed by atoms with Crippen molar-refractivity contribution in [1.29, 1.82) is 0 Å². The number of aliphatic hydroxyl groups is 1. The zero-order chi connectivity index (χ0) is 16.3. The summed E-state index contributed by atoms with van der Waals surface area (Å²) in [4.78, 5) is 0. The van der Waals surface area contributed by atoms with Crippen LogP contribution in [0.15, 0.2) is 0 Å². The number of hydrogen-bond donors (Lipinski definition) is 1. The molecular formula is C17H37O4P. The lowest BCUT2D eigenvalue weighted by molar-refractivity contribution is 0.198. The molecular weight excluding hydrogens is 299 g/mol. The van der Waals surface area contributed by atoms with Crippen molar-refractivity contribution in [1.82, 2.24) is 0 Å². The van der Waals surface area contributed by atoms with Gasteiger partial charge in [0, 0.05) is 6.61 Å². The first-order chi connectivity index (χ1) is 10.8. The SMILES string of the molecule is CCCCCCCCCCCCCCO[PH](=O)OCCCO. The minimum atomic E-state index is -2.34. The largest absolute Gasteiger partial charge is 0.396 e. The van der Waals surface area contributed by atoms with E-state index in [1.807, 2.05) is 0 Å². The number of unbranched alkanes of at least 4 members (excludes halogenated alkanes) is 11. The fraction of sp³-hybridized carbons (Fsp3) is 1.00. The molecule has 0 bridgehead atoms. The molecule has 0 heterocycles. The van der Waals surface area contributed by atoms with Crippen molar-refractivity contribution in [3.63, 3.8) is 0 Å². The van der Waals surface area contributed by atoms with Crippen LogP contribution in [0.1, 0.15) is 90.4 Å². The molecule has 134 valence electrons. The van der Waals surface area contributed by atoms with Crippen molar-refractivity contribution in [3.05, 3.63) is 0 Å². The highest BCUT2D eigenvalue weighted by Gasteiger charge is 1.99. The summed E-state index contributed by atoms with van der Waals surface area (Å²) in [5.74, 6) is 0. The van der Waals surface area contributed by atoms with Crippen LogP contribution in [0.5, 0.6) is 0 Å². The van der Waals surface area contributed by atoms with Gasteiger partial charge in [-0.3, -0.25) is 4.57 Å². The molecule has 4 nitrogen and oxygen atoms in total. The van der Waals surface area contributed by atoms with Crippen LogP contribution in [0.3, 0.4) is 0 Å². The molecule has 0 saturated carbocycles. The van der Waals surface area contributed by atoms with E-state index in [0.29, 0.717) is 19.6 Å². The Morgan fingerprint density at radius 2 is 1.09 bits per heavy atom. The lowest BCUT2D eigenvalue weighted by atomic mass is 10.1. The molecule has 0 saturated heterocycles. The second-order valence-corrected chi connectivity index (χ2v) is 6.99. The maximum atomic E-state index is 11.3. The van der Waals surface area contributed by atoms with E-state index in [0.717, 1.165) is 12.8 Å². The molecule has 1 unspecified atom stereocenters. The molecule has 0 aliphatic carbocycles. The fourth-order valence-electron chi connectivity index (χ4n) is 2.36. The summed E-state index contributed by atoms with van der Waals surface area (Å²) in [7, 11) is -2.34. The molecule has 0 rings (SSSR count). The van der Waals surface area contributed by atoms with Gasteiger partial charge in [-0.25, -0.2) is 0 Å². The molecule has 22 heavy (non-hydrogen) atoms. The molecule has 0 aromatic carbocycles. The number of aliphatic hydroxyl groups excluding tert-OH is 1. The highest BCUT2D eigenvalue weighted by molar-refractivity contribution is 7.33. The average molecular weight is 336 g/mol. The van der Waals surface area contributed by atoms with Gasteiger partial charge in [0.1, 0.15) is 0 Å². The van der Waals surface area contributed by atoms with Crippen LogP contribution < -0.4 is 0 Å². The van der Waals surface area contributed by atoms with Crippen molar-refractivity contribution in [3.8, 4) is 0 Å². The van der Waals surface area contributed by atoms with Gasteiger partial charge >= 0.3 is 8.25 Å². The van der Waals surface area contributed by atoms with Crippen molar-refractivity contribution in [2.24, 2.45) is 0 Å². The van der Waals surface area contributed by atoms with E-state index >= 15 is 0 Å². The van der Waals surface area contributed by atoms with Crippen LogP contribution in [0.2, 0.25) is 0 Å². The summed E-state index contributed by atoms with van der Waals surface area (Å²) in [5, 5.41) is 8.57. The van der Waals surface area contributed by atoms with Gasteiger partial charge in [-0.05, 0) is 12.8 Å². The van der Waals surface area contributed by atoms with Crippen molar-refractivity contribution in [2.45, 2.75) is 90.4 Å². The summed E-state index contributed by atoms with van der Waals surface area (Å²) in [6.07, 6.45) is 16.2. The van der Waals surface area contributed by atoms with E-state index < -0.39 is 8.25 Å². The van der Waals surface area contributed by atoms with Gasteiger partial charge in [0.05, 0.1) is 13.2 Å². The topological polar surface area (TPSA) is 55.8 Å². The maximum Gasteiger partial charge on any atom is 0.319 e.